The molecule has 1 aromatic carbocycles. The molecule has 0 aliphatic rings. The van der Waals surface area contributed by atoms with E-state index in [-0.39, 0.29) is 29.7 Å². The summed E-state index contributed by atoms with van der Waals surface area (Å²) in [7, 11) is 0. The van der Waals surface area contributed by atoms with Gasteiger partial charge in [0.15, 0.2) is 17.4 Å². The Morgan fingerprint density at radius 1 is 1.31 bits per heavy atom. The second-order valence-corrected chi connectivity index (χ2v) is 4.16. The molecule has 0 aliphatic heterocycles. The molecule has 0 fully saturated rings. The molecule has 0 saturated carbocycles. The van der Waals surface area contributed by atoms with Crippen molar-refractivity contribution in [3.8, 4) is 0 Å². The lowest BCUT2D eigenvalue weighted by molar-refractivity contribution is 0.0967. The number of hydrogen-bond donors (Lipinski definition) is 1. The summed E-state index contributed by atoms with van der Waals surface area (Å²) >= 11 is 0. The molecule has 1 atom stereocenters. The predicted octanol–water partition coefficient (Wildman–Crippen LogP) is 2.52. The zero-order chi connectivity index (χ0) is 12.3. The maximum atomic E-state index is 12.9. The molecule has 0 radical (unpaired) electrons. The predicted molar refractivity (Wildman–Crippen MR) is 58.1 cm³/mol. The molecular weight excluding hydrogens is 212 g/mol. The third kappa shape index (κ3) is 3.10. The van der Waals surface area contributed by atoms with Crippen LogP contribution in [0.2, 0.25) is 0 Å². The normalized spacial score (nSPS) is 12.9. The minimum Gasteiger partial charge on any atom is -0.327 e. The Labute approximate surface area is 93.5 Å². The number of carbonyl (C=O) groups excluding carboxylic acids is 1. The number of hydrogen-bond acceptors (Lipinski definition) is 2. The highest BCUT2D eigenvalue weighted by Gasteiger charge is 2.15. The van der Waals surface area contributed by atoms with Gasteiger partial charge in [-0.2, -0.15) is 0 Å². The second kappa shape index (κ2) is 5.16. The quantitative estimate of drug-likeness (QED) is 0.803. The van der Waals surface area contributed by atoms with Gasteiger partial charge in [0.25, 0.3) is 0 Å². The first kappa shape index (κ1) is 12.8. The third-order valence-corrected chi connectivity index (χ3v) is 2.52. The van der Waals surface area contributed by atoms with E-state index in [1.807, 2.05) is 13.8 Å². The van der Waals surface area contributed by atoms with Crippen LogP contribution < -0.4 is 5.73 Å². The molecule has 4 heteroatoms. The lowest BCUT2D eigenvalue weighted by Gasteiger charge is -2.14. The fraction of sp³-hybridized carbons (Fsp3) is 0.417. The van der Waals surface area contributed by atoms with Crippen LogP contribution in [0.3, 0.4) is 0 Å². The molecule has 16 heavy (non-hydrogen) atoms. The van der Waals surface area contributed by atoms with Gasteiger partial charge < -0.3 is 5.73 Å². The van der Waals surface area contributed by atoms with Crippen LogP contribution in [0.15, 0.2) is 18.2 Å². The molecule has 2 nitrogen and oxygen atoms in total. The average molecular weight is 227 g/mol. The summed E-state index contributed by atoms with van der Waals surface area (Å²) in [5.74, 6) is -2.05. The number of rotatable bonds is 4. The minimum atomic E-state index is -1.01. The van der Waals surface area contributed by atoms with Crippen molar-refractivity contribution in [2.24, 2.45) is 11.7 Å². The first-order valence-corrected chi connectivity index (χ1v) is 5.15. The van der Waals surface area contributed by atoms with E-state index in [0.29, 0.717) is 0 Å². The van der Waals surface area contributed by atoms with E-state index in [1.54, 1.807) is 0 Å². The van der Waals surface area contributed by atoms with E-state index in [9.17, 15) is 13.6 Å². The van der Waals surface area contributed by atoms with Crippen molar-refractivity contribution in [2.45, 2.75) is 26.3 Å². The summed E-state index contributed by atoms with van der Waals surface area (Å²) in [5.41, 5.74) is 5.90. The molecule has 0 spiro atoms. The van der Waals surface area contributed by atoms with Gasteiger partial charge >= 0.3 is 0 Å². The zero-order valence-corrected chi connectivity index (χ0v) is 9.34. The van der Waals surface area contributed by atoms with Crippen molar-refractivity contribution in [3.05, 3.63) is 35.4 Å². The highest BCUT2D eigenvalue weighted by atomic mass is 19.2. The van der Waals surface area contributed by atoms with Crippen LogP contribution in [0.1, 0.15) is 30.6 Å². The van der Waals surface area contributed by atoms with Crippen molar-refractivity contribution >= 4 is 5.78 Å². The molecule has 0 heterocycles. The molecule has 0 bridgehead atoms. The number of carbonyl (C=O) groups is 1. The summed E-state index contributed by atoms with van der Waals surface area (Å²) in [4.78, 5) is 11.7. The Bertz CT molecular complexity index is 391. The summed E-state index contributed by atoms with van der Waals surface area (Å²) in [5, 5.41) is 0. The SMILES string of the molecule is CC(C)C(N)CC(=O)c1ccc(F)c(F)c1. The first-order valence-electron chi connectivity index (χ1n) is 5.15. The van der Waals surface area contributed by atoms with Crippen LogP contribution >= 0.6 is 0 Å². The smallest absolute Gasteiger partial charge is 0.164 e. The van der Waals surface area contributed by atoms with Crippen molar-refractivity contribution < 1.29 is 13.6 Å². The van der Waals surface area contributed by atoms with E-state index < -0.39 is 11.6 Å². The summed E-state index contributed by atoms with van der Waals surface area (Å²) in [6.45, 7) is 3.81. The van der Waals surface area contributed by atoms with E-state index in [1.165, 1.54) is 6.07 Å². The van der Waals surface area contributed by atoms with E-state index in [2.05, 4.69) is 0 Å². The fourth-order valence-electron chi connectivity index (χ4n) is 1.24. The van der Waals surface area contributed by atoms with Crippen molar-refractivity contribution in [1.29, 1.82) is 0 Å². The highest BCUT2D eigenvalue weighted by Crippen LogP contribution is 2.13. The molecule has 0 aliphatic carbocycles. The highest BCUT2D eigenvalue weighted by molar-refractivity contribution is 5.96. The Morgan fingerprint density at radius 2 is 1.94 bits per heavy atom. The van der Waals surface area contributed by atoms with Gasteiger partial charge in [0.05, 0.1) is 0 Å². The Balaban J connectivity index is 2.77. The maximum absolute atomic E-state index is 12.9. The van der Waals surface area contributed by atoms with Crippen molar-refractivity contribution in [1.82, 2.24) is 0 Å². The van der Waals surface area contributed by atoms with Crippen LogP contribution in [0.5, 0.6) is 0 Å². The van der Waals surface area contributed by atoms with Crippen molar-refractivity contribution in [3.63, 3.8) is 0 Å². The second-order valence-electron chi connectivity index (χ2n) is 4.16. The van der Waals surface area contributed by atoms with Crippen LogP contribution in [0.25, 0.3) is 0 Å². The number of benzene rings is 1. The molecule has 1 rings (SSSR count). The van der Waals surface area contributed by atoms with E-state index >= 15 is 0 Å². The topological polar surface area (TPSA) is 43.1 Å². The number of nitrogens with two attached hydrogens (primary N) is 1. The van der Waals surface area contributed by atoms with Gasteiger partial charge in [-0.15, -0.1) is 0 Å². The summed E-state index contributed by atoms with van der Waals surface area (Å²) in [6, 6.07) is 2.86. The first-order chi connectivity index (χ1) is 7.41. The largest absolute Gasteiger partial charge is 0.327 e. The fourth-order valence-corrected chi connectivity index (χ4v) is 1.24. The molecule has 0 aromatic heterocycles. The van der Waals surface area contributed by atoms with Gasteiger partial charge in [0, 0.05) is 18.0 Å². The molecule has 0 saturated heterocycles. The Kier molecular flexibility index (Phi) is 4.12. The van der Waals surface area contributed by atoms with Crippen LogP contribution in [-0.4, -0.2) is 11.8 Å². The number of ketones is 1. The summed E-state index contributed by atoms with van der Waals surface area (Å²) in [6.07, 6.45) is 0.142. The minimum absolute atomic E-state index is 0.142. The Hall–Kier alpha value is -1.29. The van der Waals surface area contributed by atoms with Gasteiger partial charge in [0.2, 0.25) is 0 Å². The number of Topliss-reactive ketones (excluding diaryl/α,β-unsaturated/α-hetero) is 1. The van der Waals surface area contributed by atoms with Gasteiger partial charge in [-0.3, -0.25) is 4.79 Å². The van der Waals surface area contributed by atoms with Gasteiger partial charge in [0.1, 0.15) is 0 Å². The third-order valence-electron chi connectivity index (χ3n) is 2.52. The molecule has 0 amide bonds. The van der Waals surface area contributed by atoms with Crippen LogP contribution in [0, 0.1) is 17.6 Å². The molecule has 1 aromatic rings. The van der Waals surface area contributed by atoms with Gasteiger partial charge in [-0.05, 0) is 24.1 Å². The molecular formula is C12H15F2NO. The van der Waals surface area contributed by atoms with Crippen LogP contribution in [0.4, 0.5) is 8.78 Å². The molecule has 88 valence electrons. The maximum Gasteiger partial charge on any atom is 0.164 e. The summed E-state index contributed by atoms with van der Waals surface area (Å²) < 4.78 is 25.5. The molecule has 1 unspecified atom stereocenters. The van der Waals surface area contributed by atoms with Gasteiger partial charge in [-0.1, -0.05) is 13.8 Å². The van der Waals surface area contributed by atoms with E-state index in [0.717, 1.165) is 12.1 Å². The van der Waals surface area contributed by atoms with E-state index in [4.69, 9.17) is 5.73 Å². The zero-order valence-electron chi connectivity index (χ0n) is 9.34. The lowest BCUT2D eigenvalue weighted by atomic mass is 9.96. The lowest BCUT2D eigenvalue weighted by Crippen LogP contribution is -2.29. The standard InChI is InChI=1S/C12H15F2NO/c1-7(2)11(15)6-12(16)8-3-4-9(13)10(14)5-8/h3-5,7,11H,6,15H2,1-2H3. The Morgan fingerprint density at radius 3 is 2.44 bits per heavy atom. The number of halogens is 2. The monoisotopic (exact) mass is 227 g/mol. The molecule has 2 N–H and O–H groups in total. The van der Waals surface area contributed by atoms with Crippen molar-refractivity contribution in [2.75, 3.05) is 0 Å². The van der Waals surface area contributed by atoms with Crippen LogP contribution in [-0.2, 0) is 0 Å². The average Bonchev–Trinajstić information content (AvgIpc) is 2.21. The van der Waals surface area contributed by atoms with Gasteiger partial charge in [-0.25, -0.2) is 8.78 Å².